The highest BCUT2D eigenvalue weighted by Crippen LogP contribution is 2.56. The van der Waals surface area contributed by atoms with E-state index in [9.17, 15) is 4.79 Å². The van der Waals surface area contributed by atoms with Crippen molar-refractivity contribution in [1.82, 2.24) is 0 Å². The number of carbonyl (C=O) groups excluding carboxylic acids is 1. The van der Waals surface area contributed by atoms with Crippen molar-refractivity contribution in [3.63, 3.8) is 0 Å². The molecule has 2 fully saturated rings. The number of ether oxygens (including phenoxy) is 3. The molecule has 0 aromatic heterocycles. The zero-order valence-corrected chi connectivity index (χ0v) is 10.6. The van der Waals surface area contributed by atoms with Gasteiger partial charge in [0.25, 0.3) is 0 Å². The fraction of sp³-hybridized carbons (Fsp3) is 0.786. The molecule has 1 saturated heterocycles. The smallest absolute Gasteiger partial charge is 0.334 e. The van der Waals surface area contributed by atoms with Crippen LogP contribution < -0.4 is 0 Å². The normalized spacial score (nSPS) is 41.2. The fourth-order valence-corrected chi connectivity index (χ4v) is 3.94. The van der Waals surface area contributed by atoms with E-state index in [4.69, 9.17) is 14.2 Å². The molecular formula is C14H18O4. The van der Waals surface area contributed by atoms with Gasteiger partial charge in [-0.25, -0.2) is 4.79 Å². The molecule has 3 atom stereocenters. The first kappa shape index (κ1) is 11.0. The van der Waals surface area contributed by atoms with Crippen LogP contribution in [0.4, 0.5) is 0 Å². The second kappa shape index (κ2) is 3.58. The zero-order chi connectivity index (χ0) is 12.3. The Morgan fingerprint density at radius 3 is 2.83 bits per heavy atom. The SMILES string of the molecule is C[C@@H]1CC2(CC3=C(C(=O)OC3)[C@H]3C[C@@H]13)OCCO2. The molecule has 0 aromatic rings. The molecule has 0 N–H and O–H groups in total. The van der Waals surface area contributed by atoms with Gasteiger partial charge >= 0.3 is 5.97 Å². The first-order chi connectivity index (χ1) is 8.69. The monoisotopic (exact) mass is 250 g/mol. The summed E-state index contributed by atoms with van der Waals surface area (Å²) in [5.41, 5.74) is 2.08. The number of hydrogen-bond donors (Lipinski definition) is 0. The molecule has 0 unspecified atom stereocenters. The average Bonchev–Trinajstić information content (AvgIpc) is 2.84. The van der Waals surface area contributed by atoms with Gasteiger partial charge in [-0.15, -0.1) is 0 Å². The van der Waals surface area contributed by atoms with Crippen LogP contribution in [0.5, 0.6) is 0 Å². The van der Waals surface area contributed by atoms with Crippen LogP contribution in [0.3, 0.4) is 0 Å². The topological polar surface area (TPSA) is 44.8 Å². The molecule has 0 aromatic carbocycles. The molecule has 4 aliphatic rings. The molecule has 2 aliphatic carbocycles. The molecule has 1 spiro atoms. The molecule has 2 heterocycles. The highest BCUT2D eigenvalue weighted by atomic mass is 16.7. The number of hydrogen-bond acceptors (Lipinski definition) is 4. The molecule has 0 radical (unpaired) electrons. The molecule has 1 saturated carbocycles. The van der Waals surface area contributed by atoms with Crippen LogP contribution in [0.1, 0.15) is 26.2 Å². The van der Waals surface area contributed by atoms with E-state index in [1.54, 1.807) is 0 Å². The molecule has 18 heavy (non-hydrogen) atoms. The summed E-state index contributed by atoms with van der Waals surface area (Å²) in [6, 6.07) is 0. The van der Waals surface area contributed by atoms with Gasteiger partial charge in [0.1, 0.15) is 6.61 Å². The van der Waals surface area contributed by atoms with Gasteiger partial charge in [-0.3, -0.25) is 0 Å². The Bertz CT molecular complexity index is 433. The molecule has 4 rings (SSSR count). The number of rotatable bonds is 0. The minimum atomic E-state index is -0.485. The van der Waals surface area contributed by atoms with Crippen molar-refractivity contribution in [2.75, 3.05) is 19.8 Å². The van der Waals surface area contributed by atoms with E-state index >= 15 is 0 Å². The second-order valence-electron chi connectivity index (χ2n) is 6.07. The molecular weight excluding hydrogens is 232 g/mol. The third-order valence-corrected chi connectivity index (χ3v) is 4.85. The van der Waals surface area contributed by atoms with Gasteiger partial charge in [-0.1, -0.05) is 6.92 Å². The van der Waals surface area contributed by atoms with Crippen LogP contribution in [0.15, 0.2) is 11.1 Å². The number of fused-ring (bicyclic) bond motifs is 2. The van der Waals surface area contributed by atoms with Crippen molar-refractivity contribution in [2.24, 2.45) is 17.8 Å². The summed E-state index contributed by atoms with van der Waals surface area (Å²) in [4.78, 5) is 11.9. The Kier molecular flexibility index (Phi) is 2.19. The van der Waals surface area contributed by atoms with E-state index in [-0.39, 0.29) is 5.97 Å². The highest BCUT2D eigenvalue weighted by Gasteiger charge is 2.54. The first-order valence-electron chi connectivity index (χ1n) is 6.85. The largest absolute Gasteiger partial charge is 0.458 e. The molecule has 2 aliphatic heterocycles. The summed E-state index contributed by atoms with van der Waals surface area (Å²) in [5.74, 6) is 1.03. The van der Waals surface area contributed by atoms with Gasteiger partial charge in [-0.2, -0.15) is 0 Å². The molecule has 98 valence electrons. The van der Waals surface area contributed by atoms with E-state index in [0.717, 1.165) is 24.0 Å². The van der Waals surface area contributed by atoms with Crippen LogP contribution in [-0.2, 0) is 19.0 Å². The van der Waals surface area contributed by atoms with E-state index in [0.29, 0.717) is 44.0 Å². The van der Waals surface area contributed by atoms with E-state index in [1.807, 2.05) is 0 Å². The molecule has 4 heteroatoms. The summed E-state index contributed by atoms with van der Waals surface area (Å²) in [6.07, 6.45) is 2.78. The summed E-state index contributed by atoms with van der Waals surface area (Å²) in [6.45, 7) is 4.03. The van der Waals surface area contributed by atoms with Gasteiger partial charge in [0.15, 0.2) is 5.79 Å². The van der Waals surface area contributed by atoms with E-state index < -0.39 is 5.79 Å². The average molecular weight is 250 g/mol. The lowest BCUT2D eigenvalue weighted by atomic mass is 9.85. The summed E-state index contributed by atoms with van der Waals surface area (Å²) < 4.78 is 17.0. The summed E-state index contributed by atoms with van der Waals surface area (Å²) >= 11 is 0. The lowest BCUT2D eigenvalue weighted by Gasteiger charge is -2.32. The number of cyclic esters (lactones) is 1. The van der Waals surface area contributed by atoms with E-state index in [2.05, 4.69) is 6.92 Å². The number of carbonyl (C=O) groups is 1. The molecule has 0 amide bonds. The zero-order valence-electron chi connectivity index (χ0n) is 10.6. The Labute approximate surface area is 106 Å². The minimum Gasteiger partial charge on any atom is -0.458 e. The predicted octanol–water partition coefficient (Wildman–Crippen LogP) is 1.65. The number of esters is 1. The quantitative estimate of drug-likeness (QED) is 0.613. The van der Waals surface area contributed by atoms with Gasteiger partial charge in [-0.05, 0) is 29.7 Å². The maximum Gasteiger partial charge on any atom is 0.334 e. The fourth-order valence-electron chi connectivity index (χ4n) is 3.94. The van der Waals surface area contributed by atoms with Crippen molar-refractivity contribution in [3.05, 3.63) is 11.1 Å². The van der Waals surface area contributed by atoms with Crippen molar-refractivity contribution < 1.29 is 19.0 Å². The molecule has 0 bridgehead atoms. The van der Waals surface area contributed by atoms with Gasteiger partial charge in [0, 0.05) is 18.4 Å². The molecule has 4 nitrogen and oxygen atoms in total. The van der Waals surface area contributed by atoms with Gasteiger partial charge in [0.2, 0.25) is 0 Å². The maximum absolute atomic E-state index is 11.9. The van der Waals surface area contributed by atoms with E-state index in [1.165, 1.54) is 0 Å². The van der Waals surface area contributed by atoms with Crippen molar-refractivity contribution in [2.45, 2.75) is 32.0 Å². The lowest BCUT2D eigenvalue weighted by Crippen LogP contribution is -2.35. The summed E-state index contributed by atoms with van der Waals surface area (Å²) in [7, 11) is 0. The lowest BCUT2D eigenvalue weighted by molar-refractivity contribution is -0.170. The Hall–Kier alpha value is -0.870. The predicted molar refractivity (Wildman–Crippen MR) is 62.6 cm³/mol. The van der Waals surface area contributed by atoms with Gasteiger partial charge in [0.05, 0.1) is 13.2 Å². The van der Waals surface area contributed by atoms with Crippen molar-refractivity contribution >= 4 is 5.97 Å². The van der Waals surface area contributed by atoms with Crippen LogP contribution >= 0.6 is 0 Å². The minimum absolute atomic E-state index is 0.0975. The van der Waals surface area contributed by atoms with Crippen LogP contribution in [0.2, 0.25) is 0 Å². The Balaban J connectivity index is 1.73. The summed E-state index contributed by atoms with van der Waals surface area (Å²) in [5, 5.41) is 0. The third kappa shape index (κ3) is 1.48. The standard InChI is InChI=1S/C14H18O4/c1-8-5-14(17-2-3-18-14)6-9-7-16-13(15)12(9)11-4-10(8)11/h8,10-11H,2-7H2,1H3/t8-,10+,11+/m1/s1. The van der Waals surface area contributed by atoms with Crippen LogP contribution in [0, 0.1) is 17.8 Å². The van der Waals surface area contributed by atoms with Crippen molar-refractivity contribution in [3.8, 4) is 0 Å². The maximum atomic E-state index is 11.9. The first-order valence-corrected chi connectivity index (χ1v) is 6.85. The third-order valence-electron chi connectivity index (χ3n) is 4.85. The van der Waals surface area contributed by atoms with Crippen LogP contribution in [-0.4, -0.2) is 31.6 Å². The van der Waals surface area contributed by atoms with Gasteiger partial charge < -0.3 is 14.2 Å². The Morgan fingerprint density at radius 2 is 2.06 bits per heavy atom. The Morgan fingerprint density at radius 1 is 1.28 bits per heavy atom. The second-order valence-corrected chi connectivity index (χ2v) is 6.07. The van der Waals surface area contributed by atoms with Crippen LogP contribution in [0.25, 0.3) is 0 Å². The van der Waals surface area contributed by atoms with Crippen molar-refractivity contribution in [1.29, 1.82) is 0 Å². The highest BCUT2D eigenvalue weighted by molar-refractivity contribution is 5.93.